The van der Waals surface area contributed by atoms with Gasteiger partial charge in [-0.2, -0.15) is 5.10 Å². The van der Waals surface area contributed by atoms with Crippen molar-refractivity contribution in [2.45, 2.75) is 44.7 Å². The van der Waals surface area contributed by atoms with Crippen LogP contribution in [0.25, 0.3) is 5.52 Å². The number of aromatic nitrogens is 3. The molecule has 0 saturated carbocycles. The van der Waals surface area contributed by atoms with Gasteiger partial charge in [0, 0.05) is 7.11 Å². The van der Waals surface area contributed by atoms with Crippen LogP contribution >= 0.6 is 0 Å². The smallest absolute Gasteiger partial charge is 0.151 e. The topological polar surface area (TPSA) is 83.9 Å². The Hall–Kier alpha value is -3.26. The lowest BCUT2D eigenvalue weighted by molar-refractivity contribution is -0.0712. The van der Waals surface area contributed by atoms with E-state index in [1.807, 2.05) is 65.2 Å². The van der Waals surface area contributed by atoms with Gasteiger partial charge >= 0.3 is 0 Å². The van der Waals surface area contributed by atoms with Gasteiger partial charge in [0.2, 0.25) is 0 Å². The Morgan fingerprint density at radius 1 is 1.00 bits per heavy atom. The third-order valence-electron chi connectivity index (χ3n) is 5.96. The minimum Gasteiger partial charge on any atom is -0.382 e. The molecule has 1 aliphatic heterocycles. The van der Waals surface area contributed by atoms with E-state index in [-0.39, 0.29) is 6.10 Å². The van der Waals surface area contributed by atoms with Crippen LogP contribution in [0.4, 0.5) is 5.82 Å². The Morgan fingerprint density at radius 3 is 2.35 bits per heavy atom. The van der Waals surface area contributed by atoms with Gasteiger partial charge in [0.1, 0.15) is 17.4 Å². The molecule has 3 heterocycles. The molecule has 1 saturated heterocycles. The van der Waals surface area contributed by atoms with Crippen LogP contribution in [0.1, 0.15) is 36.6 Å². The summed E-state index contributed by atoms with van der Waals surface area (Å²) in [7, 11) is 1.70. The number of anilines is 1. The zero-order chi connectivity index (χ0) is 23.8. The lowest BCUT2D eigenvalue weighted by Crippen LogP contribution is -2.26. The zero-order valence-corrected chi connectivity index (χ0v) is 19.8. The molecule has 7 nitrogen and oxygen atoms in total. The highest BCUT2D eigenvalue weighted by Crippen LogP contribution is 2.39. The fourth-order valence-corrected chi connectivity index (χ4v) is 4.20. The summed E-state index contributed by atoms with van der Waals surface area (Å²) >= 11 is 0. The Labute approximate surface area is 200 Å². The quantitative estimate of drug-likeness (QED) is 0.428. The van der Waals surface area contributed by atoms with Gasteiger partial charge in [-0.3, -0.25) is 0 Å². The predicted octanol–water partition coefficient (Wildman–Crippen LogP) is 4.76. The SMILES string of the molecule is CC1(c2ccc3c(N)ncnn23)CCC(COCc2ccccc2)O1.COCc1ccccc1. The number of ether oxygens (including phenoxy) is 3. The van der Waals surface area contributed by atoms with Crippen molar-refractivity contribution < 1.29 is 14.2 Å². The standard InChI is InChI=1S/C19H22N4O2.C8H10O/c1-19(17-8-7-16-18(20)21-13-22-23(16)17)10-9-15(25-19)12-24-11-14-5-3-2-4-6-14;1-9-7-8-5-3-2-4-6-8/h2-8,13,15H,9-12H2,1H3,(H2,20,21,22);2-6H,7H2,1H3. The van der Waals surface area contributed by atoms with E-state index in [0.29, 0.717) is 25.6 Å². The van der Waals surface area contributed by atoms with Gasteiger partial charge < -0.3 is 19.9 Å². The van der Waals surface area contributed by atoms with Crippen LogP contribution < -0.4 is 5.73 Å². The van der Waals surface area contributed by atoms with E-state index in [1.165, 1.54) is 17.5 Å². The number of nitrogens with two attached hydrogens (primary N) is 1. The molecule has 2 aromatic heterocycles. The van der Waals surface area contributed by atoms with Crippen LogP contribution in [0.15, 0.2) is 79.1 Å². The minimum atomic E-state index is -0.395. The first-order valence-corrected chi connectivity index (χ1v) is 11.5. The monoisotopic (exact) mass is 460 g/mol. The summed E-state index contributed by atoms with van der Waals surface area (Å²) < 4.78 is 18.9. The van der Waals surface area contributed by atoms with Crippen molar-refractivity contribution in [3.05, 3.63) is 95.9 Å². The molecule has 2 unspecified atom stereocenters. The van der Waals surface area contributed by atoms with E-state index in [2.05, 4.69) is 29.1 Å². The maximum atomic E-state index is 6.33. The first-order valence-electron chi connectivity index (χ1n) is 11.5. The third-order valence-corrected chi connectivity index (χ3v) is 5.96. The molecule has 5 rings (SSSR count). The van der Waals surface area contributed by atoms with Gasteiger partial charge in [-0.25, -0.2) is 9.50 Å². The van der Waals surface area contributed by atoms with Gasteiger partial charge in [0.15, 0.2) is 5.82 Å². The number of methoxy groups -OCH3 is 1. The van der Waals surface area contributed by atoms with E-state index >= 15 is 0 Å². The van der Waals surface area contributed by atoms with Crippen molar-refractivity contribution in [2.24, 2.45) is 0 Å². The van der Waals surface area contributed by atoms with E-state index in [9.17, 15) is 0 Å². The molecule has 0 bridgehead atoms. The highest BCUT2D eigenvalue weighted by Gasteiger charge is 2.39. The molecule has 4 aromatic rings. The summed E-state index contributed by atoms with van der Waals surface area (Å²) in [5, 5.41) is 4.33. The van der Waals surface area contributed by atoms with Crippen LogP contribution in [0.3, 0.4) is 0 Å². The summed E-state index contributed by atoms with van der Waals surface area (Å²) in [5.41, 5.74) is 9.74. The second-order valence-corrected chi connectivity index (χ2v) is 8.59. The first-order chi connectivity index (χ1) is 16.6. The lowest BCUT2D eigenvalue weighted by atomic mass is 9.98. The Kier molecular flexibility index (Phi) is 7.90. The lowest BCUT2D eigenvalue weighted by Gasteiger charge is -2.24. The molecule has 0 amide bonds. The number of nitrogen functional groups attached to an aromatic ring is 1. The Morgan fingerprint density at radius 2 is 1.68 bits per heavy atom. The number of hydrogen-bond acceptors (Lipinski definition) is 6. The summed E-state index contributed by atoms with van der Waals surface area (Å²) in [5.74, 6) is 0.477. The van der Waals surface area contributed by atoms with Crippen molar-refractivity contribution in [2.75, 3.05) is 19.5 Å². The zero-order valence-electron chi connectivity index (χ0n) is 19.8. The van der Waals surface area contributed by atoms with Crippen LogP contribution in [0, 0.1) is 0 Å². The largest absolute Gasteiger partial charge is 0.382 e. The molecule has 2 aromatic carbocycles. The maximum absolute atomic E-state index is 6.33. The van der Waals surface area contributed by atoms with Gasteiger partial charge in [-0.15, -0.1) is 0 Å². The molecule has 0 spiro atoms. The van der Waals surface area contributed by atoms with E-state index in [0.717, 1.165) is 24.1 Å². The van der Waals surface area contributed by atoms with Gasteiger partial charge in [-0.05, 0) is 43.0 Å². The van der Waals surface area contributed by atoms with Crippen molar-refractivity contribution >= 4 is 11.3 Å². The molecule has 1 fully saturated rings. The normalized spacial score (nSPS) is 19.6. The van der Waals surface area contributed by atoms with Crippen LogP contribution in [-0.4, -0.2) is 34.4 Å². The fraction of sp³-hybridized carbons (Fsp3) is 0.333. The number of fused-ring (bicyclic) bond motifs is 1. The average molecular weight is 461 g/mol. The second-order valence-electron chi connectivity index (χ2n) is 8.59. The molecule has 178 valence electrons. The molecule has 0 radical (unpaired) electrons. The predicted molar refractivity (Wildman–Crippen MR) is 132 cm³/mol. The molecule has 1 aliphatic rings. The summed E-state index contributed by atoms with van der Waals surface area (Å²) in [6.07, 6.45) is 3.44. The van der Waals surface area contributed by atoms with Crippen molar-refractivity contribution in [3.63, 3.8) is 0 Å². The summed E-state index contributed by atoms with van der Waals surface area (Å²) in [6.45, 7) is 4.01. The third kappa shape index (κ3) is 5.80. The van der Waals surface area contributed by atoms with Gasteiger partial charge in [0.05, 0.1) is 31.6 Å². The highest BCUT2D eigenvalue weighted by molar-refractivity contribution is 5.65. The number of rotatable bonds is 7. The van der Waals surface area contributed by atoms with Crippen LogP contribution in [-0.2, 0) is 33.0 Å². The number of benzene rings is 2. The van der Waals surface area contributed by atoms with E-state index < -0.39 is 5.60 Å². The average Bonchev–Trinajstić information content (AvgIpc) is 3.47. The second kappa shape index (κ2) is 11.2. The molecule has 2 atom stereocenters. The van der Waals surface area contributed by atoms with E-state index in [4.69, 9.17) is 19.9 Å². The number of hydrogen-bond donors (Lipinski definition) is 1. The molecule has 0 aliphatic carbocycles. The molecule has 7 heteroatoms. The molecule has 34 heavy (non-hydrogen) atoms. The van der Waals surface area contributed by atoms with Crippen molar-refractivity contribution in [1.29, 1.82) is 0 Å². The molecular formula is C27H32N4O3. The van der Waals surface area contributed by atoms with Crippen LogP contribution in [0.2, 0.25) is 0 Å². The van der Waals surface area contributed by atoms with Gasteiger partial charge in [-0.1, -0.05) is 60.7 Å². The van der Waals surface area contributed by atoms with Crippen LogP contribution in [0.5, 0.6) is 0 Å². The van der Waals surface area contributed by atoms with E-state index in [1.54, 1.807) is 7.11 Å². The highest BCUT2D eigenvalue weighted by atomic mass is 16.6. The van der Waals surface area contributed by atoms with Gasteiger partial charge in [0.25, 0.3) is 0 Å². The number of nitrogens with zero attached hydrogens (tertiary/aromatic N) is 3. The molecule has 2 N–H and O–H groups in total. The first kappa shape index (κ1) is 23.9. The Bertz CT molecular complexity index is 1170. The fourth-order valence-electron chi connectivity index (χ4n) is 4.20. The molecular weight excluding hydrogens is 428 g/mol. The summed E-state index contributed by atoms with van der Waals surface area (Å²) in [4.78, 5) is 4.04. The van der Waals surface area contributed by atoms with Crippen molar-refractivity contribution in [3.8, 4) is 0 Å². The minimum absolute atomic E-state index is 0.0819. The summed E-state index contributed by atoms with van der Waals surface area (Å²) in [6, 6.07) is 24.3. The maximum Gasteiger partial charge on any atom is 0.151 e. The van der Waals surface area contributed by atoms with Crippen molar-refractivity contribution in [1.82, 2.24) is 14.6 Å². The Balaban J connectivity index is 0.000000257.